The maximum atomic E-state index is 13.1. The number of rotatable bonds is 37. The molecule has 0 aromatic heterocycles. The number of nitrogens with zero attached hydrogens (tertiary/aromatic N) is 1. The summed E-state index contributed by atoms with van der Waals surface area (Å²) in [5.41, 5.74) is 0.693. The molecule has 1 saturated heterocycles. The molecule has 19 heteroatoms. The standard InChI is InChI=1S/C38H64N4O12S.C5H11NO.C2H6/c1-29(2)26-41-38(46)40-9-11-48-13-15-50-17-19-52-21-23-54-34-24-31(27-42-36(44)25-35(37(42)45)55-28-32(43)30(3)4)6-7-33(34)53-22-20-51-18-16-49-14-12-47-10-8-39-5;1-5(2)3-6-4-7;1-2/h6-7,24,29-30,35,39H,8-23,25-28H2,1-5H3,(H2,40,41,46);4-5H,3H2,1-2H3,(H,6,7);1-2H3. The van der Waals surface area contributed by atoms with Gasteiger partial charge in [-0.1, -0.05) is 61.5 Å². The summed E-state index contributed by atoms with van der Waals surface area (Å²) >= 11 is 1.23. The predicted molar refractivity (Wildman–Crippen MR) is 249 cm³/mol. The largest absolute Gasteiger partial charge is 0.487 e. The number of benzene rings is 1. The van der Waals surface area contributed by atoms with Crippen molar-refractivity contribution >= 4 is 41.8 Å². The number of ketones is 1. The van der Waals surface area contributed by atoms with Gasteiger partial charge >= 0.3 is 6.03 Å². The summed E-state index contributed by atoms with van der Waals surface area (Å²) in [5.74, 6) is 1.43. The molecule has 4 N–H and O–H groups in total. The lowest BCUT2D eigenvalue weighted by Gasteiger charge is -2.18. The van der Waals surface area contributed by atoms with Crippen molar-refractivity contribution in [3.63, 3.8) is 0 Å². The number of likely N-dealkylation sites (N-methyl/N-ethyl adjacent to an activating group) is 1. The van der Waals surface area contributed by atoms with E-state index in [1.54, 1.807) is 18.2 Å². The summed E-state index contributed by atoms with van der Waals surface area (Å²) in [4.78, 5) is 60.4. The first-order valence-electron chi connectivity index (χ1n) is 22.6. The fourth-order valence-electron chi connectivity index (χ4n) is 4.92. The molecule has 1 heterocycles. The molecule has 0 aliphatic carbocycles. The highest BCUT2D eigenvalue weighted by molar-refractivity contribution is 8.01. The number of carbonyl (C=O) groups excluding carboxylic acids is 5. The minimum absolute atomic E-state index is 0.0490. The Kier molecular flexibility index (Phi) is 38.6. The number of nitrogens with one attached hydrogen (secondary N) is 4. The molecule has 0 spiro atoms. The smallest absolute Gasteiger partial charge is 0.314 e. The molecule has 1 atom stereocenters. The lowest BCUT2D eigenvalue weighted by molar-refractivity contribution is -0.139. The number of ether oxygens (including phenoxy) is 8. The van der Waals surface area contributed by atoms with E-state index >= 15 is 0 Å². The maximum Gasteiger partial charge on any atom is 0.314 e. The van der Waals surface area contributed by atoms with Crippen molar-refractivity contribution in [2.75, 3.05) is 131 Å². The molecule has 1 aliphatic rings. The third-order valence-electron chi connectivity index (χ3n) is 8.39. The topological polar surface area (TPSA) is 211 Å². The normalized spacial score (nSPS) is 13.4. The second-order valence-corrected chi connectivity index (χ2v) is 16.3. The molecule has 1 aromatic carbocycles. The lowest BCUT2D eigenvalue weighted by atomic mass is 10.1. The van der Waals surface area contributed by atoms with Crippen LogP contribution >= 0.6 is 11.8 Å². The van der Waals surface area contributed by atoms with Gasteiger partial charge in [-0.15, -0.1) is 11.8 Å². The SMILES string of the molecule is CC.CC(C)CNC=O.CNCCOCCOCCOCCOc1ccc(CN2C(=O)CC(SCC(=O)C(C)C)C2=O)cc1OCCOCCOCCOCCNC(=O)NCC(C)C. The summed E-state index contributed by atoms with van der Waals surface area (Å²) in [5, 5.41) is 10.5. The average Bonchev–Trinajstić information content (AvgIpc) is 3.54. The van der Waals surface area contributed by atoms with E-state index < -0.39 is 5.25 Å². The van der Waals surface area contributed by atoms with Crippen molar-refractivity contribution in [1.82, 2.24) is 26.2 Å². The molecule has 0 radical (unpaired) electrons. The van der Waals surface area contributed by atoms with Gasteiger partial charge in [0.1, 0.15) is 19.0 Å². The highest BCUT2D eigenvalue weighted by atomic mass is 32.2. The molecule has 0 bridgehead atoms. The molecule has 1 fully saturated rings. The van der Waals surface area contributed by atoms with E-state index in [1.165, 1.54) is 16.7 Å². The number of imide groups is 1. The van der Waals surface area contributed by atoms with Crippen LogP contribution in [0.2, 0.25) is 0 Å². The molecule has 1 aromatic rings. The van der Waals surface area contributed by atoms with Crippen molar-refractivity contribution in [1.29, 1.82) is 0 Å². The van der Waals surface area contributed by atoms with Gasteiger partial charge in [-0.3, -0.25) is 24.1 Å². The molecule has 370 valence electrons. The summed E-state index contributed by atoms with van der Waals surface area (Å²) < 4.78 is 45.2. The number of hydrogen-bond donors (Lipinski definition) is 4. The summed E-state index contributed by atoms with van der Waals surface area (Å²) in [7, 11) is 1.87. The molecule has 18 nitrogen and oxygen atoms in total. The van der Waals surface area contributed by atoms with Gasteiger partial charge in [0.15, 0.2) is 11.5 Å². The molecule has 64 heavy (non-hydrogen) atoms. The predicted octanol–water partition coefficient (Wildman–Crippen LogP) is 3.72. The quantitative estimate of drug-likeness (QED) is 0.0426. The molecular weight excluding hydrogens is 851 g/mol. The third kappa shape index (κ3) is 32.2. The van der Waals surface area contributed by atoms with E-state index in [4.69, 9.17) is 37.9 Å². The third-order valence-corrected chi connectivity index (χ3v) is 9.61. The first-order valence-corrected chi connectivity index (χ1v) is 23.6. The Morgan fingerprint density at radius 1 is 0.703 bits per heavy atom. The van der Waals surface area contributed by atoms with Crippen LogP contribution in [-0.2, 0) is 54.1 Å². The number of hydrogen-bond acceptors (Lipinski definition) is 15. The Morgan fingerprint density at radius 3 is 1.69 bits per heavy atom. The van der Waals surface area contributed by atoms with Crippen molar-refractivity contribution in [3.05, 3.63) is 23.8 Å². The first kappa shape index (κ1) is 60.4. The van der Waals surface area contributed by atoms with E-state index in [1.807, 2.05) is 48.6 Å². The molecule has 5 amide bonds. The van der Waals surface area contributed by atoms with Crippen LogP contribution < -0.4 is 30.7 Å². The molecule has 0 saturated carbocycles. The van der Waals surface area contributed by atoms with E-state index in [-0.39, 0.29) is 68.1 Å². The van der Waals surface area contributed by atoms with E-state index in [2.05, 4.69) is 35.1 Å². The Labute approximate surface area is 386 Å². The van der Waals surface area contributed by atoms with Gasteiger partial charge in [-0.25, -0.2) is 4.79 Å². The van der Waals surface area contributed by atoms with Gasteiger partial charge in [0.05, 0.1) is 96.8 Å². The zero-order valence-corrected chi connectivity index (χ0v) is 40.9. The number of urea groups is 1. The van der Waals surface area contributed by atoms with Crippen LogP contribution in [0.3, 0.4) is 0 Å². The summed E-state index contributed by atoms with van der Waals surface area (Å²) in [6, 6.07) is 5.08. The second-order valence-electron chi connectivity index (χ2n) is 15.1. The van der Waals surface area contributed by atoms with Crippen LogP contribution in [0.15, 0.2) is 18.2 Å². The molecular formula is C45H81N5O13S. The van der Waals surface area contributed by atoms with Gasteiger partial charge in [0, 0.05) is 38.5 Å². The Hall–Kier alpha value is -3.56. The molecule has 2 rings (SSSR count). The van der Waals surface area contributed by atoms with E-state index in [0.29, 0.717) is 115 Å². The van der Waals surface area contributed by atoms with Crippen LogP contribution in [0.5, 0.6) is 11.5 Å². The minimum Gasteiger partial charge on any atom is -0.487 e. The Morgan fingerprint density at radius 2 is 1.20 bits per heavy atom. The second kappa shape index (κ2) is 40.9. The highest BCUT2D eigenvalue weighted by Crippen LogP contribution is 2.31. The van der Waals surface area contributed by atoms with Gasteiger partial charge < -0.3 is 59.2 Å². The van der Waals surface area contributed by atoms with Gasteiger partial charge in [-0.2, -0.15) is 0 Å². The summed E-state index contributed by atoms with van der Waals surface area (Å²) in [6.07, 6.45) is 0.791. The molecule has 1 aliphatic heterocycles. The summed E-state index contributed by atoms with van der Waals surface area (Å²) in [6.45, 7) is 24.0. The van der Waals surface area contributed by atoms with Crippen molar-refractivity contribution in [3.8, 4) is 11.5 Å². The first-order chi connectivity index (χ1) is 30.9. The highest BCUT2D eigenvalue weighted by Gasteiger charge is 2.39. The van der Waals surface area contributed by atoms with E-state index in [9.17, 15) is 24.0 Å². The van der Waals surface area contributed by atoms with Gasteiger partial charge in [0.2, 0.25) is 18.2 Å². The number of thioether (sulfide) groups is 1. The Balaban J connectivity index is 0.00000400. The van der Waals surface area contributed by atoms with Crippen LogP contribution in [0.4, 0.5) is 4.79 Å². The van der Waals surface area contributed by atoms with Gasteiger partial charge in [-0.05, 0) is 36.6 Å². The van der Waals surface area contributed by atoms with Crippen molar-refractivity contribution < 1.29 is 61.9 Å². The number of carbonyl (C=O) groups is 5. The van der Waals surface area contributed by atoms with Crippen LogP contribution in [0, 0.1) is 17.8 Å². The van der Waals surface area contributed by atoms with Crippen LogP contribution in [0.1, 0.15) is 67.4 Å². The number of amides is 5. The van der Waals surface area contributed by atoms with Crippen LogP contribution in [-0.4, -0.2) is 172 Å². The van der Waals surface area contributed by atoms with Crippen molar-refractivity contribution in [2.24, 2.45) is 17.8 Å². The fraction of sp³-hybridized carbons (Fsp3) is 0.756. The monoisotopic (exact) mass is 932 g/mol. The average molecular weight is 932 g/mol. The Bertz CT molecular complexity index is 1380. The number of likely N-dealkylation sites (tertiary alicyclic amines) is 1. The zero-order chi connectivity index (χ0) is 47.8. The van der Waals surface area contributed by atoms with Crippen molar-refractivity contribution in [2.45, 2.75) is 73.6 Å². The van der Waals surface area contributed by atoms with Gasteiger partial charge in [0.25, 0.3) is 0 Å². The number of Topliss-reactive ketones (excluding diaryl/α,β-unsaturated/α-hetero) is 1. The lowest BCUT2D eigenvalue weighted by Crippen LogP contribution is -2.39. The maximum absolute atomic E-state index is 13.1. The fourth-order valence-corrected chi connectivity index (χ4v) is 6.15. The van der Waals surface area contributed by atoms with E-state index in [0.717, 1.165) is 19.5 Å². The zero-order valence-electron chi connectivity index (χ0n) is 40.1. The van der Waals surface area contributed by atoms with Crippen LogP contribution in [0.25, 0.3) is 0 Å². The molecule has 1 unspecified atom stereocenters. The minimum atomic E-state index is -0.569.